The summed E-state index contributed by atoms with van der Waals surface area (Å²) in [7, 11) is 0. The summed E-state index contributed by atoms with van der Waals surface area (Å²) in [6.45, 7) is 1.79. The van der Waals surface area contributed by atoms with Crippen molar-refractivity contribution in [3.63, 3.8) is 0 Å². The monoisotopic (exact) mass is 202 g/mol. The molecule has 0 radical (unpaired) electrons. The fraction of sp³-hybridized carbons (Fsp3) is 0.417. The number of nitrogens with one attached hydrogen (secondary N) is 1. The van der Waals surface area contributed by atoms with Gasteiger partial charge in [-0.1, -0.05) is 6.07 Å². The number of ether oxygens (including phenoxy) is 1. The third-order valence-corrected chi connectivity index (χ3v) is 3.16. The van der Waals surface area contributed by atoms with Gasteiger partial charge in [0.05, 0.1) is 11.7 Å². The highest BCUT2D eigenvalue weighted by Crippen LogP contribution is 2.28. The number of nitrogens with zero attached hydrogens (tertiary/aromatic N) is 1. The maximum Gasteiger partial charge on any atom is 0.0650 e. The maximum absolute atomic E-state index is 5.38. The zero-order valence-corrected chi connectivity index (χ0v) is 8.57. The van der Waals surface area contributed by atoms with E-state index in [4.69, 9.17) is 4.74 Å². The van der Waals surface area contributed by atoms with Gasteiger partial charge in [0.1, 0.15) is 0 Å². The van der Waals surface area contributed by atoms with Crippen LogP contribution >= 0.6 is 0 Å². The Hall–Kier alpha value is -1.35. The van der Waals surface area contributed by atoms with E-state index in [0.717, 1.165) is 31.6 Å². The largest absolute Gasteiger partial charge is 0.381 e. The van der Waals surface area contributed by atoms with Crippen LogP contribution in [0, 0.1) is 0 Å². The molecule has 0 saturated carbocycles. The van der Waals surface area contributed by atoms with Crippen LogP contribution in [-0.2, 0) is 4.74 Å². The molecular weight excluding hydrogens is 188 g/mol. The molecule has 1 aliphatic heterocycles. The number of aromatic amines is 1. The Morgan fingerprint density at radius 2 is 2.13 bits per heavy atom. The second-order valence-corrected chi connectivity index (χ2v) is 4.10. The van der Waals surface area contributed by atoms with Crippen LogP contribution in [0.2, 0.25) is 0 Å². The number of rotatable bonds is 1. The van der Waals surface area contributed by atoms with Crippen LogP contribution in [0.5, 0.6) is 0 Å². The molecule has 1 aromatic carbocycles. The third kappa shape index (κ3) is 1.63. The average Bonchev–Trinajstić information content (AvgIpc) is 2.77. The van der Waals surface area contributed by atoms with Crippen LogP contribution in [0.15, 0.2) is 24.4 Å². The van der Waals surface area contributed by atoms with Gasteiger partial charge in [0.2, 0.25) is 0 Å². The van der Waals surface area contributed by atoms with Crippen molar-refractivity contribution < 1.29 is 4.74 Å². The van der Waals surface area contributed by atoms with Crippen LogP contribution in [-0.4, -0.2) is 23.4 Å². The number of benzene rings is 1. The molecule has 2 heterocycles. The van der Waals surface area contributed by atoms with Gasteiger partial charge < -0.3 is 4.74 Å². The van der Waals surface area contributed by atoms with Gasteiger partial charge >= 0.3 is 0 Å². The molecule has 3 nitrogen and oxygen atoms in total. The van der Waals surface area contributed by atoms with Gasteiger partial charge in [-0.05, 0) is 36.5 Å². The number of hydrogen-bond donors (Lipinski definition) is 1. The Labute approximate surface area is 88.4 Å². The Kier molecular flexibility index (Phi) is 2.18. The highest BCUT2D eigenvalue weighted by molar-refractivity contribution is 5.78. The normalized spacial score (nSPS) is 18.4. The second-order valence-electron chi connectivity index (χ2n) is 4.10. The van der Waals surface area contributed by atoms with Gasteiger partial charge in [-0.2, -0.15) is 5.10 Å². The molecule has 1 aliphatic rings. The van der Waals surface area contributed by atoms with E-state index in [9.17, 15) is 0 Å². The standard InChI is InChI=1S/C12H14N2O/c1-2-12-11(8-13-14-12)7-10(1)9-3-5-15-6-4-9/h1-2,7-9H,3-6H2,(H,13,14). The van der Waals surface area contributed by atoms with Gasteiger partial charge in [0, 0.05) is 18.6 Å². The van der Waals surface area contributed by atoms with Gasteiger partial charge in [-0.3, -0.25) is 5.10 Å². The van der Waals surface area contributed by atoms with Crippen molar-refractivity contribution in [2.24, 2.45) is 0 Å². The van der Waals surface area contributed by atoms with Crippen LogP contribution < -0.4 is 0 Å². The highest BCUT2D eigenvalue weighted by atomic mass is 16.5. The van der Waals surface area contributed by atoms with Crippen LogP contribution in [0.4, 0.5) is 0 Å². The van der Waals surface area contributed by atoms with Gasteiger partial charge in [-0.15, -0.1) is 0 Å². The minimum Gasteiger partial charge on any atom is -0.381 e. The number of aromatic nitrogens is 2. The fourth-order valence-corrected chi connectivity index (χ4v) is 2.25. The number of hydrogen-bond acceptors (Lipinski definition) is 2. The second kappa shape index (κ2) is 3.66. The van der Waals surface area contributed by atoms with E-state index in [1.165, 1.54) is 10.9 Å². The van der Waals surface area contributed by atoms with Crippen molar-refractivity contribution in [3.8, 4) is 0 Å². The Bertz CT molecular complexity index is 457. The molecule has 15 heavy (non-hydrogen) atoms. The van der Waals surface area contributed by atoms with Gasteiger partial charge in [0.15, 0.2) is 0 Å². The van der Waals surface area contributed by atoms with Crippen molar-refractivity contribution in [3.05, 3.63) is 30.0 Å². The molecular formula is C12H14N2O. The predicted octanol–water partition coefficient (Wildman–Crippen LogP) is 2.46. The van der Waals surface area contributed by atoms with Crippen molar-refractivity contribution in [1.82, 2.24) is 10.2 Å². The third-order valence-electron chi connectivity index (χ3n) is 3.16. The van der Waals surface area contributed by atoms with E-state index in [2.05, 4.69) is 28.4 Å². The molecule has 0 bridgehead atoms. The fourth-order valence-electron chi connectivity index (χ4n) is 2.25. The Morgan fingerprint density at radius 3 is 3.00 bits per heavy atom. The molecule has 0 aliphatic carbocycles. The molecule has 0 amide bonds. The van der Waals surface area contributed by atoms with Crippen LogP contribution in [0.25, 0.3) is 10.9 Å². The first kappa shape index (κ1) is 8.92. The Morgan fingerprint density at radius 1 is 1.27 bits per heavy atom. The van der Waals surface area contributed by atoms with Crippen molar-refractivity contribution in [1.29, 1.82) is 0 Å². The summed E-state index contributed by atoms with van der Waals surface area (Å²) in [5.41, 5.74) is 2.54. The zero-order valence-electron chi connectivity index (χ0n) is 8.57. The summed E-state index contributed by atoms with van der Waals surface area (Å²) in [5.74, 6) is 0.665. The molecule has 78 valence electrons. The molecule has 2 aromatic rings. The first-order valence-electron chi connectivity index (χ1n) is 5.44. The Balaban J connectivity index is 1.95. The summed E-state index contributed by atoms with van der Waals surface area (Å²) >= 11 is 0. The van der Waals surface area contributed by atoms with Gasteiger partial charge in [-0.25, -0.2) is 0 Å². The van der Waals surface area contributed by atoms with Crippen molar-refractivity contribution >= 4 is 10.9 Å². The first-order valence-corrected chi connectivity index (χ1v) is 5.44. The summed E-state index contributed by atoms with van der Waals surface area (Å²) in [5, 5.41) is 8.22. The van der Waals surface area contributed by atoms with Crippen molar-refractivity contribution in [2.75, 3.05) is 13.2 Å². The minimum absolute atomic E-state index is 0.665. The molecule has 1 fully saturated rings. The molecule has 3 heteroatoms. The lowest BCUT2D eigenvalue weighted by Crippen LogP contribution is -2.13. The first-order chi connectivity index (χ1) is 7.43. The van der Waals surface area contributed by atoms with Crippen LogP contribution in [0.3, 0.4) is 0 Å². The number of H-pyrrole nitrogens is 1. The van der Waals surface area contributed by atoms with E-state index in [0.29, 0.717) is 5.92 Å². The molecule has 1 saturated heterocycles. The van der Waals surface area contributed by atoms with E-state index >= 15 is 0 Å². The van der Waals surface area contributed by atoms with Gasteiger partial charge in [0.25, 0.3) is 0 Å². The average molecular weight is 202 g/mol. The van der Waals surface area contributed by atoms with E-state index in [-0.39, 0.29) is 0 Å². The molecule has 1 aromatic heterocycles. The summed E-state index contributed by atoms with van der Waals surface area (Å²) in [4.78, 5) is 0. The van der Waals surface area contributed by atoms with E-state index in [1.54, 1.807) is 0 Å². The minimum atomic E-state index is 0.665. The molecule has 0 spiro atoms. The lowest BCUT2D eigenvalue weighted by atomic mass is 9.91. The summed E-state index contributed by atoms with van der Waals surface area (Å²) < 4.78 is 5.38. The topological polar surface area (TPSA) is 37.9 Å². The lowest BCUT2D eigenvalue weighted by molar-refractivity contribution is 0.0853. The zero-order chi connectivity index (χ0) is 10.1. The lowest BCUT2D eigenvalue weighted by Gasteiger charge is -2.22. The van der Waals surface area contributed by atoms with Crippen LogP contribution in [0.1, 0.15) is 24.3 Å². The summed E-state index contributed by atoms with van der Waals surface area (Å²) in [6, 6.07) is 6.57. The highest BCUT2D eigenvalue weighted by Gasteiger charge is 2.15. The SMILES string of the molecule is c1cc2[nH]ncc2cc1C1CCOCC1. The maximum atomic E-state index is 5.38. The quantitative estimate of drug-likeness (QED) is 0.771. The molecule has 0 atom stereocenters. The molecule has 3 rings (SSSR count). The molecule has 0 unspecified atom stereocenters. The number of fused-ring (bicyclic) bond motifs is 1. The predicted molar refractivity (Wildman–Crippen MR) is 58.9 cm³/mol. The van der Waals surface area contributed by atoms with E-state index in [1.807, 2.05) is 6.20 Å². The smallest absolute Gasteiger partial charge is 0.0650 e. The van der Waals surface area contributed by atoms with Crippen molar-refractivity contribution in [2.45, 2.75) is 18.8 Å². The summed E-state index contributed by atoms with van der Waals surface area (Å²) in [6.07, 6.45) is 4.17. The molecule has 1 N–H and O–H groups in total. The van der Waals surface area contributed by atoms with E-state index < -0.39 is 0 Å².